The van der Waals surface area contributed by atoms with Crippen LogP contribution in [0.1, 0.15) is 11.1 Å². The number of nitrogens with zero attached hydrogens (tertiary/aromatic N) is 1. The Morgan fingerprint density at radius 2 is 1.95 bits per heavy atom. The molecule has 0 aliphatic heterocycles. The van der Waals surface area contributed by atoms with Crippen LogP contribution in [-0.2, 0) is 6.54 Å². The Bertz CT molecular complexity index is 650. The average molecular weight is 356 g/mol. The Kier molecular flexibility index (Phi) is 4.71. The number of hydrogen-bond acceptors (Lipinski definition) is 2. The van der Waals surface area contributed by atoms with Crippen LogP contribution >= 0.6 is 39.1 Å². The molecule has 0 fully saturated rings. The van der Waals surface area contributed by atoms with Gasteiger partial charge in [0, 0.05) is 16.0 Å². The van der Waals surface area contributed by atoms with E-state index in [-0.39, 0.29) is 0 Å². The van der Waals surface area contributed by atoms with Crippen molar-refractivity contribution in [3.63, 3.8) is 0 Å². The molecule has 0 aliphatic rings. The highest BCUT2D eigenvalue weighted by atomic mass is 79.9. The lowest BCUT2D eigenvalue weighted by Crippen LogP contribution is -2.01. The minimum absolute atomic E-state index is 0.571. The summed E-state index contributed by atoms with van der Waals surface area (Å²) in [6.07, 6.45) is 0. The summed E-state index contributed by atoms with van der Waals surface area (Å²) in [6.45, 7) is 0.590. The fourth-order valence-electron chi connectivity index (χ4n) is 1.59. The summed E-state index contributed by atoms with van der Waals surface area (Å²) < 4.78 is 0.931. The van der Waals surface area contributed by atoms with Gasteiger partial charge in [-0.3, -0.25) is 0 Å². The third-order valence-electron chi connectivity index (χ3n) is 2.58. The van der Waals surface area contributed by atoms with E-state index in [1.807, 2.05) is 18.2 Å². The van der Waals surface area contributed by atoms with Crippen LogP contribution in [0.5, 0.6) is 0 Å². The van der Waals surface area contributed by atoms with Gasteiger partial charge in [0.2, 0.25) is 0 Å². The maximum absolute atomic E-state index is 8.87. The number of nitrogens with one attached hydrogen (secondary N) is 1. The first-order valence-corrected chi connectivity index (χ1v) is 7.02. The normalized spacial score (nSPS) is 10.0. The van der Waals surface area contributed by atoms with E-state index in [1.54, 1.807) is 18.2 Å². The standard InChI is InChI=1S/C14H9BrCl2N2/c15-12-6-11(16)3-2-10(12)8-19-14-5-9(7-18)1-4-13(14)17/h1-6,19H,8H2. The maximum Gasteiger partial charge on any atom is 0.0992 e. The van der Waals surface area contributed by atoms with Crippen LogP contribution in [0.15, 0.2) is 40.9 Å². The van der Waals surface area contributed by atoms with E-state index < -0.39 is 0 Å². The van der Waals surface area contributed by atoms with E-state index in [4.69, 9.17) is 28.5 Å². The monoisotopic (exact) mass is 354 g/mol. The Hall–Kier alpha value is -1.21. The molecule has 19 heavy (non-hydrogen) atoms. The van der Waals surface area contributed by atoms with Crippen LogP contribution in [0.2, 0.25) is 10.0 Å². The summed E-state index contributed by atoms with van der Waals surface area (Å²) in [4.78, 5) is 0. The van der Waals surface area contributed by atoms with E-state index in [1.165, 1.54) is 0 Å². The second-order valence-electron chi connectivity index (χ2n) is 3.90. The predicted octanol–water partition coefficient (Wildman–Crippen LogP) is 5.24. The average Bonchev–Trinajstić information content (AvgIpc) is 2.39. The first kappa shape index (κ1) is 14.2. The van der Waals surface area contributed by atoms with Crippen LogP contribution in [0, 0.1) is 11.3 Å². The molecule has 0 radical (unpaired) electrons. The SMILES string of the molecule is N#Cc1ccc(Cl)c(NCc2ccc(Cl)cc2Br)c1. The van der Waals surface area contributed by atoms with Crippen molar-refractivity contribution in [3.8, 4) is 6.07 Å². The van der Waals surface area contributed by atoms with Gasteiger partial charge >= 0.3 is 0 Å². The molecule has 0 unspecified atom stereocenters. The van der Waals surface area contributed by atoms with Gasteiger partial charge in [0.1, 0.15) is 0 Å². The molecule has 1 N–H and O–H groups in total. The highest BCUT2D eigenvalue weighted by Gasteiger charge is 2.04. The quantitative estimate of drug-likeness (QED) is 0.817. The van der Waals surface area contributed by atoms with Crippen molar-refractivity contribution in [1.29, 1.82) is 5.26 Å². The molecule has 0 atom stereocenters. The molecule has 2 aromatic rings. The van der Waals surface area contributed by atoms with Gasteiger partial charge in [-0.25, -0.2) is 0 Å². The van der Waals surface area contributed by atoms with Crippen molar-refractivity contribution in [2.24, 2.45) is 0 Å². The van der Waals surface area contributed by atoms with Gasteiger partial charge in [-0.2, -0.15) is 5.26 Å². The molecule has 0 heterocycles. The Labute approximate surface area is 130 Å². The second-order valence-corrected chi connectivity index (χ2v) is 5.59. The molecule has 2 nitrogen and oxygen atoms in total. The Morgan fingerprint density at radius 1 is 1.16 bits per heavy atom. The van der Waals surface area contributed by atoms with E-state index in [0.717, 1.165) is 15.7 Å². The molecule has 0 saturated heterocycles. The van der Waals surface area contributed by atoms with Crippen molar-refractivity contribution in [2.45, 2.75) is 6.54 Å². The fraction of sp³-hybridized carbons (Fsp3) is 0.0714. The first-order chi connectivity index (χ1) is 9.10. The molecule has 2 rings (SSSR count). The summed E-state index contributed by atoms with van der Waals surface area (Å²) in [5.41, 5.74) is 2.37. The zero-order chi connectivity index (χ0) is 13.8. The minimum atomic E-state index is 0.571. The zero-order valence-corrected chi connectivity index (χ0v) is 12.9. The van der Waals surface area contributed by atoms with Gasteiger partial charge < -0.3 is 5.32 Å². The highest BCUT2D eigenvalue weighted by molar-refractivity contribution is 9.10. The third kappa shape index (κ3) is 3.63. The summed E-state index contributed by atoms with van der Waals surface area (Å²) >= 11 is 15.4. The molecule has 2 aromatic carbocycles. The molecular formula is C14H9BrCl2N2. The van der Waals surface area contributed by atoms with Crippen LogP contribution in [0.25, 0.3) is 0 Å². The van der Waals surface area contributed by atoms with Gasteiger partial charge in [-0.05, 0) is 35.9 Å². The van der Waals surface area contributed by atoms with Crippen molar-refractivity contribution in [2.75, 3.05) is 5.32 Å². The molecule has 0 aromatic heterocycles. The summed E-state index contributed by atoms with van der Waals surface area (Å²) in [5, 5.41) is 13.3. The lowest BCUT2D eigenvalue weighted by molar-refractivity contribution is 1.14. The van der Waals surface area contributed by atoms with Crippen molar-refractivity contribution < 1.29 is 0 Å². The van der Waals surface area contributed by atoms with Crippen molar-refractivity contribution >= 4 is 44.8 Å². The van der Waals surface area contributed by atoms with Gasteiger partial charge in [0.15, 0.2) is 0 Å². The molecule has 0 saturated carbocycles. The Balaban J connectivity index is 2.16. The van der Waals surface area contributed by atoms with Gasteiger partial charge in [0.25, 0.3) is 0 Å². The number of rotatable bonds is 3. The number of nitriles is 1. The summed E-state index contributed by atoms with van der Waals surface area (Å²) in [5.74, 6) is 0. The van der Waals surface area contributed by atoms with Crippen molar-refractivity contribution in [1.82, 2.24) is 0 Å². The molecular weight excluding hydrogens is 347 g/mol. The lowest BCUT2D eigenvalue weighted by atomic mass is 10.2. The summed E-state index contributed by atoms with van der Waals surface area (Å²) in [6, 6.07) is 12.8. The van der Waals surface area contributed by atoms with Gasteiger partial charge in [-0.15, -0.1) is 0 Å². The molecule has 5 heteroatoms. The fourth-order valence-corrected chi connectivity index (χ4v) is 2.59. The maximum atomic E-state index is 8.87. The smallest absolute Gasteiger partial charge is 0.0992 e. The van der Waals surface area contributed by atoms with Crippen LogP contribution < -0.4 is 5.32 Å². The number of hydrogen-bond donors (Lipinski definition) is 1. The number of benzene rings is 2. The molecule has 0 bridgehead atoms. The zero-order valence-electron chi connectivity index (χ0n) is 9.75. The van der Waals surface area contributed by atoms with Crippen LogP contribution in [-0.4, -0.2) is 0 Å². The number of halogens is 3. The molecule has 96 valence electrons. The molecule has 0 aliphatic carbocycles. The van der Waals surface area contributed by atoms with Crippen LogP contribution in [0.3, 0.4) is 0 Å². The minimum Gasteiger partial charge on any atom is -0.380 e. The highest BCUT2D eigenvalue weighted by Crippen LogP contribution is 2.26. The molecule has 0 amide bonds. The largest absolute Gasteiger partial charge is 0.380 e. The summed E-state index contributed by atoms with van der Waals surface area (Å²) in [7, 11) is 0. The van der Waals surface area contributed by atoms with E-state index in [0.29, 0.717) is 22.2 Å². The van der Waals surface area contributed by atoms with E-state index in [2.05, 4.69) is 27.3 Å². The lowest BCUT2D eigenvalue weighted by Gasteiger charge is -2.10. The van der Waals surface area contributed by atoms with Crippen molar-refractivity contribution in [3.05, 3.63) is 62.0 Å². The first-order valence-electron chi connectivity index (χ1n) is 5.47. The van der Waals surface area contributed by atoms with Gasteiger partial charge in [0.05, 0.1) is 22.3 Å². The number of anilines is 1. The van der Waals surface area contributed by atoms with Gasteiger partial charge in [-0.1, -0.05) is 45.2 Å². The van der Waals surface area contributed by atoms with E-state index in [9.17, 15) is 0 Å². The van der Waals surface area contributed by atoms with E-state index >= 15 is 0 Å². The third-order valence-corrected chi connectivity index (χ3v) is 3.88. The van der Waals surface area contributed by atoms with Crippen LogP contribution in [0.4, 0.5) is 5.69 Å². The molecule has 0 spiro atoms. The predicted molar refractivity (Wildman–Crippen MR) is 82.6 cm³/mol. The second kappa shape index (κ2) is 6.29. The Morgan fingerprint density at radius 3 is 2.63 bits per heavy atom. The topological polar surface area (TPSA) is 35.8 Å².